The van der Waals surface area contributed by atoms with Crippen LogP contribution in [0.3, 0.4) is 0 Å². The largest absolute Gasteiger partial charge is 0.260 e. The lowest BCUT2D eigenvalue weighted by Gasteiger charge is -2.19. The Morgan fingerprint density at radius 1 is 1.12 bits per heavy atom. The van der Waals surface area contributed by atoms with Gasteiger partial charge in [-0.2, -0.15) is 5.10 Å². The third-order valence-electron chi connectivity index (χ3n) is 4.47. The molecule has 1 N–H and O–H groups in total. The van der Waals surface area contributed by atoms with Crippen LogP contribution in [0, 0.1) is 27.7 Å². The van der Waals surface area contributed by atoms with Crippen LogP contribution in [-0.4, -0.2) is 24.7 Å². The van der Waals surface area contributed by atoms with Gasteiger partial charge in [0.1, 0.15) is 0 Å². The number of hydrogen-bond acceptors (Lipinski definition) is 4. The van der Waals surface area contributed by atoms with Crippen LogP contribution < -0.4 is 4.72 Å². The number of benzene rings is 1. The Kier molecular flexibility index (Phi) is 5.32. The number of nitrogens with one attached hydrogen (secondary N) is 1. The molecule has 3 aromatic rings. The number of thiophene rings is 1. The maximum Gasteiger partial charge on any atom is 0.240 e. The van der Waals surface area contributed by atoms with Gasteiger partial charge in [0, 0.05) is 17.1 Å². The second-order valence-corrected chi connectivity index (χ2v) is 9.25. The molecular weight excluding hydrogens is 366 g/mol. The van der Waals surface area contributed by atoms with Gasteiger partial charge in [-0.25, -0.2) is 13.1 Å². The molecular formula is C19H23N3O2S2. The lowest BCUT2D eigenvalue weighted by atomic mass is 10.1. The van der Waals surface area contributed by atoms with Gasteiger partial charge in [0.15, 0.2) is 0 Å². The van der Waals surface area contributed by atoms with Gasteiger partial charge in [-0.05, 0) is 68.5 Å². The van der Waals surface area contributed by atoms with Crippen LogP contribution in [0.5, 0.6) is 0 Å². The number of sulfonamides is 1. The second kappa shape index (κ2) is 7.34. The highest BCUT2D eigenvalue weighted by molar-refractivity contribution is 7.89. The molecule has 2 aromatic heterocycles. The molecule has 5 nitrogen and oxygen atoms in total. The van der Waals surface area contributed by atoms with Crippen LogP contribution in [0.25, 0.3) is 0 Å². The SMILES string of the molecule is Cc1cc(C)n(C(CNS(=O)(=O)c2ccc(C)c(C)c2)c2cccs2)n1. The molecule has 0 aliphatic heterocycles. The molecule has 0 aliphatic carbocycles. The predicted molar refractivity (Wildman–Crippen MR) is 105 cm³/mol. The first kappa shape index (κ1) is 18.8. The fourth-order valence-electron chi connectivity index (χ4n) is 2.90. The average molecular weight is 390 g/mol. The van der Waals surface area contributed by atoms with Crippen LogP contribution in [0.4, 0.5) is 0 Å². The standard InChI is InChI=1S/C19H23N3O2S2/c1-13-7-8-17(10-14(13)2)26(23,24)20-12-18(19-6-5-9-25-19)22-16(4)11-15(3)21-22/h5-11,18,20H,12H2,1-4H3. The molecule has 0 bridgehead atoms. The lowest BCUT2D eigenvalue weighted by molar-refractivity contribution is 0.499. The van der Waals surface area contributed by atoms with E-state index in [4.69, 9.17) is 0 Å². The Morgan fingerprint density at radius 2 is 1.88 bits per heavy atom. The van der Waals surface area contributed by atoms with Gasteiger partial charge in [-0.15, -0.1) is 11.3 Å². The highest BCUT2D eigenvalue weighted by atomic mass is 32.2. The first-order chi connectivity index (χ1) is 12.3. The molecule has 2 heterocycles. The van der Waals surface area contributed by atoms with Crippen molar-refractivity contribution in [2.75, 3.05) is 6.54 Å². The second-order valence-electron chi connectivity index (χ2n) is 6.50. The summed E-state index contributed by atoms with van der Waals surface area (Å²) in [7, 11) is -3.59. The zero-order chi connectivity index (χ0) is 18.9. The Hall–Kier alpha value is -1.96. The van der Waals surface area contributed by atoms with E-state index in [1.807, 2.05) is 62.0 Å². The van der Waals surface area contributed by atoms with Gasteiger partial charge in [0.25, 0.3) is 0 Å². The summed E-state index contributed by atoms with van der Waals surface area (Å²) in [6.45, 7) is 8.05. The molecule has 26 heavy (non-hydrogen) atoms. The molecule has 1 unspecified atom stereocenters. The quantitative estimate of drug-likeness (QED) is 0.698. The molecule has 1 atom stereocenters. The summed E-state index contributed by atoms with van der Waals surface area (Å²) < 4.78 is 30.2. The molecule has 0 aliphatic rings. The average Bonchev–Trinajstić information content (AvgIpc) is 3.20. The molecule has 0 fully saturated rings. The highest BCUT2D eigenvalue weighted by Gasteiger charge is 2.22. The van der Waals surface area contributed by atoms with Crippen molar-refractivity contribution >= 4 is 21.4 Å². The minimum Gasteiger partial charge on any atom is -0.260 e. The van der Waals surface area contributed by atoms with E-state index in [0.29, 0.717) is 4.90 Å². The van der Waals surface area contributed by atoms with Gasteiger partial charge >= 0.3 is 0 Å². The van der Waals surface area contributed by atoms with Crippen molar-refractivity contribution < 1.29 is 8.42 Å². The first-order valence-corrected chi connectivity index (χ1v) is 10.8. The summed E-state index contributed by atoms with van der Waals surface area (Å²) in [6.07, 6.45) is 0. The van der Waals surface area contributed by atoms with Crippen molar-refractivity contribution in [2.24, 2.45) is 0 Å². The van der Waals surface area contributed by atoms with Gasteiger partial charge in [-0.3, -0.25) is 4.68 Å². The smallest absolute Gasteiger partial charge is 0.240 e. The van der Waals surface area contributed by atoms with Gasteiger partial charge in [0.2, 0.25) is 10.0 Å². The van der Waals surface area contributed by atoms with Gasteiger partial charge in [0.05, 0.1) is 16.6 Å². The zero-order valence-electron chi connectivity index (χ0n) is 15.4. The maximum absolute atomic E-state index is 12.8. The Balaban J connectivity index is 1.88. The number of aromatic nitrogens is 2. The summed E-state index contributed by atoms with van der Waals surface area (Å²) in [5.41, 5.74) is 3.96. The van der Waals surface area contributed by atoms with Crippen LogP contribution >= 0.6 is 11.3 Å². The minimum atomic E-state index is -3.59. The molecule has 0 spiro atoms. The van der Waals surface area contributed by atoms with E-state index in [1.165, 1.54) is 0 Å². The zero-order valence-corrected chi connectivity index (χ0v) is 17.0. The number of hydrogen-bond donors (Lipinski definition) is 1. The molecule has 0 radical (unpaired) electrons. The van der Waals surface area contributed by atoms with E-state index < -0.39 is 10.0 Å². The van der Waals surface area contributed by atoms with Crippen LogP contribution in [-0.2, 0) is 10.0 Å². The first-order valence-electron chi connectivity index (χ1n) is 8.41. The summed E-state index contributed by atoms with van der Waals surface area (Å²) in [6, 6.07) is 11.0. The fraction of sp³-hybridized carbons (Fsp3) is 0.316. The summed E-state index contributed by atoms with van der Waals surface area (Å²) in [5.74, 6) is 0. The van der Waals surface area contributed by atoms with Gasteiger partial charge < -0.3 is 0 Å². The van der Waals surface area contributed by atoms with E-state index in [2.05, 4.69) is 9.82 Å². The van der Waals surface area contributed by atoms with E-state index in [-0.39, 0.29) is 12.6 Å². The van der Waals surface area contributed by atoms with Crippen LogP contribution in [0.15, 0.2) is 46.7 Å². The van der Waals surface area contributed by atoms with Crippen molar-refractivity contribution in [3.8, 4) is 0 Å². The van der Waals surface area contributed by atoms with Crippen molar-refractivity contribution in [3.05, 3.63) is 69.2 Å². The number of nitrogens with zero attached hydrogens (tertiary/aromatic N) is 2. The predicted octanol–water partition coefficient (Wildman–Crippen LogP) is 3.75. The molecule has 0 saturated carbocycles. The van der Waals surface area contributed by atoms with Gasteiger partial charge in [-0.1, -0.05) is 12.1 Å². The molecule has 3 rings (SSSR count). The molecule has 0 saturated heterocycles. The molecule has 138 valence electrons. The fourth-order valence-corrected chi connectivity index (χ4v) is 4.84. The molecule has 1 aromatic carbocycles. The van der Waals surface area contributed by atoms with E-state index >= 15 is 0 Å². The van der Waals surface area contributed by atoms with Crippen molar-refractivity contribution in [3.63, 3.8) is 0 Å². The van der Waals surface area contributed by atoms with E-state index in [9.17, 15) is 8.42 Å². The summed E-state index contributed by atoms with van der Waals surface area (Å²) in [4.78, 5) is 1.36. The minimum absolute atomic E-state index is 0.176. The van der Waals surface area contributed by atoms with Crippen LogP contribution in [0.1, 0.15) is 33.4 Å². The highest BCUT2D eigenvalue weighted by Crippen LogP contribution is 2.25. The third-order valence-corrected chi connectivity index (χ3v) is 6.86. The topological polar surface area (TPSA) is 64.0 Å². The van der Waals surface area contributed by atoms with Crippen LogP contribution in [0.2, 0.25) is 0 Å². The maximum atomic E-state index is 12.8. The van der Waals surface area contributed by atoms with Crippen molar-refractivity contribution in [2.45, 2.75) is 38.6 Å². The Morgan fingerprint density at radius 3 is 2.46 bits per heavy atom. The van der Waals surface area contributed by atoms with E-state index in [1.54, 1.807) is 23.5 Å². The van der Waals surface area contributed by atoms with Crippen molar-refractivity contribution in [1.29, 1.82) is 0 Å². The van der Waals surface area contributed by atoms with Crippen molar-refractivity contribution in [1.82, 2.24) is 14.5 Å². The normalized spacial score (nSPS) is 13.1. The molecule has 0 amide bonds. The summed E-state index contributed by atoms with van der Waals surface area (Å²) in [5, 5.41) is 6.55. The Bertz CT molecular complexity index is 1010. The number of rotatable bonds is 6. The number of aryl methyl sites for hydroxylation is 4. The Labute approximate surface area is 158 Å². The lowest BCUT2D eigenvalue weighted by Crippen LogP contribution is -2.32. The molecule has 7 heteroatoms. The summed E-state index contributed by atoms with van der Waals surface area (Å²) >= 11 is 1.60. The monoisotopic (exact) mass is 389 g/mol. The van der Waals surface area contributed by atoms with E-state index in [0.717, 1.165) is 27.4 Å². The third kappa shape index (κ3) is 3.90.